The molecule has 2 aromatic rings. The molecule has 3 nitrogen and oxygen atoms in total. The molecule has 0 saturated carbocycles. The summed E-state index contributed by atoms with van der Waals surface area (Å²) in [5, 5.41) is 0. The minimum atomic E-state index is -0.412. The van der Waals surface area contributed by atoms with Crippen LogP contribution in [0.2, 0.25) is 0 Å². The number of fused-ring (bicyclic) bond motifs is 1. The molecule has 1 fully saturated rings. The van der Waals surface area contributed by atoms with Gasteiger partial charge < -0.3 is 14.4 Å². The Morgan fingerprint density at radius 2 is 1.42 bits per heavy atom. The number of aryl methyl sites for hydroxylation is 1. The normalized spacial score (nSPS) is 18.8. The molecule has 1 spiro atoms. The lowest BCUT2D eigenvalue weighted by molar-refractivity contribution is -0.118. The number of rotatable bonds is 5. The van der Waals surface area contributed by atoms with Crippen molar-refractivity contribution in [1.29, 1.82) is 0 Å². The number of ether oxygens (including phenoxy) is 2. The number of unbranched alkanes of at least 4 members (excludes halogenated alkanes) is 1. The van der Waals surface area contributed by atoms with E-state index in [0.29, 0.717) is 0 Å². The van der Waals surface area contributed by atoms with E-state index >= 15 is 0 Å². The molecule has 24 heavy (non-hydrogen) atoms. The van der Waals surface area contributed by atoms with Gasteiger partial charge >= 0.3 is 0 Å². The Bertz CT molecular complexity index is 636. The fraction of sp³-hybridized carbons (Fsp3) is 0.429. The molecule has 2 heterocycles. The minimum Gasteiger partial charge on any atom is -0.448 e. The number of para-hydroxylation sites is 2. The number of likely N-dealkylation sites (tertiary alicyclic amines) is 1. The molecule has 0 bridgehead atoms. The second-order valence-electron chi connectivity index (χ2n) is 6.85. The van der Waals surface area contributed by atoms with E-state index in [-0.39, 0.29) is 0 Å². The molecule has 0 aromatic heterocycles. The lowest BCUT2D eigenvalue weighted by Crippen LogP contribution is -2.49. The van der Waals surface area contributed by atoms with Crippen LogP contribution in [0.4, 0.5) is 0 Å². The molecule has 0 radical (unpaired) electrons. The maximum Gasteiger partial charge on any atom is 0.254 e. The smallest absolute Gasteiger partial charge is 0.254 e. The van der Waals surface area contributed by atoms with Gasteiger partial charge in [0.25, 0.3) is 5.79 Å². The second kappa shape index (κ2) is 6.86. The zero-order valence-electron chi connectivity index (χ0n) is 14.1. The van der Waals surface area contributed by atoms with E-state index in [1.165, 1.54) is 31.4 Å². The Balaban J connectivity index is 1.20. The van der Waals surface area contributed by atoms with Crippen LogP contribution >= 0.6 is 0 Å². The van der Waals surface area contributed by atoms with Crippen LogP contribution in [0.15, 0.2) is 54.6 Å². The third kappa shape index (κ3) is 3.41. The molecule has 3 heteroatoms. The van der Waals surface area contributed by atoms with Gasteiger partial charge in [0.15, 0.2) is 11.5 Å². The van der Waals surface area contributed by atoms with Gasteiger partial charge in [-0.05, 0) is 43.5 Å². The van der Waals surface area contributed by atoms with Gasteiger partial charge in [-0.1, -0.05) is 42.5 Å². The fourth-order valence-electron chi connectivity index (χ4n) is 3.67. The summed E-state index contributed by atoms with van der Waals surface area (Å²) in [5.74, 6) is 1.38. The first kappa shape index (κ1) is 15.5. The van der Waals surface area contributed by atoms with Crippen molar-refractivity contribution in [3.05, 3.63) is 60.2 Å². The highest BCUT2D eigenvalue weighted by Gasteiger charge is 2.43. The van der Waals surface area contributed by atoms with Gasteiger partial charge in [0, 0.05) is 25.9 Å². The van der Waals surface area contributed by atoms with Crippen LogP contribution in [0.5, 0.6) is 11.5 Å². The molecular weight excluding hydrogens is 298 g/mol. The van der Waals surface area contributed by atoms with E-state index < -0.39 is 5.79 Å². The van der Waals surface area contributed by atoms with E-state index in [9.17, 15) is 0 Å². The van der Waals surface area contributed by atoms with Crippen molar-refractivity contribution >= 4 is 0 Å². The van der Waals surface area contributed by atoms with Crippen molar-refractivity contribution < 1.29 is 9.47 Å². The van der Waals surface area contributed by atoms with Gasteiger partial charge in [0.1, 0.15) is 0 Å². The summed E-state index contributed by atoms with van der Waals surface area (Å²) in [4.78, 5) is 2.55. The first-order chi connectivity index (χ1) is 11.8. The van der Waals surface area contributed by atoms with Gasteiger partial charge in [0.05, 0.1) is 0 Å². The average molecular weight is 323 g/mol. The van der Waals surface area contributed by atoms with Gasteiger partial charge in [0.2, 0.25) is 0 Å². The summed E-state index contributed by atoms with van der Waals surface area (Å²) in [6.07, 6.45) is 5.58. The number of piperidine rings is 1. The van der Waals surface area contributed by atoms with Crippen LogP contribution < -0.4 is 9.47 Å². The first-order valence-electron chi connectivity index (χ1n) is 9.06. The topological polar surface area (TPSA) is 21.7 Å². The molecule has 0 amide bonds. The van der Waals surface area contributed by atoms with E-state index in [1.807, 2.05) is 24.3 Å². The van der Waals surface area contributed by atoms with Gasteiger partial charge in [-0.3, -0.25) is 0 Å². The summed E-state index contributed by atoms with van der Waals surface area (Å²) in [6, 6.07) is 18.8. The Kier molecular flexibility index (Phi) is 4.44. The van der Waals surface area contributed by atoms with Crippen molar-refractivity contribution in [2.75, 3.05) is 19.6 Å². The van der Waals surface area contributed by atoms with E-state index in [4.69, 9.17) is 9.47 Å². The highest BCUT2D eigenvalue weighted by atomic mass is 16.7. The van der Waals surface area contributed by atoms with Crippen molar-refractivity contribution in [1.82, 2.24) is 4.90 Å². The summed E-state index contributed by atoms with van der Waals surface area (Å²) in [7, 11) is 0. The zero-order chi connectivity index (χ0) is 16.2. The molecular formula is C21H25NO2. The summed E-state index contributed by atoms with van der Waals surface area (Å²) in [6.45, 7) is 3.29. The third-order valence-corrected chi connectivity index (χ3v) is 5.09. The monoisotopic (exact) mass is 323 g/mol. The second-order valence-corrected chi connectivity index (χ2v) is 6.85. The lowest BCUT2D eigenvalue weighted by Gasteiger charge is -2.37. The van der Waals surface area contributed by atoms with Crippen LogP contribution in [0.25, 0.3) is 0 Å². The van der Waals surface area contributed by atoms with Crippen LogP contribution in [0, 0.1) is 0 Å². The van der Waals surface area contributed by atoms with Crippen molar-refractivity contribution in [3.8, 4) is 11.5 Å². The SMILES string of the molecule is c1ccc(CCCCN2CCC3(CC2)Oc2ccccc2O3)cc1. The first-order valence-corrected chi connectivity index (χ1v) is 9.06. The quantitative estimate of drug-likeness (QED) is 0.767. The maximum absolute atomic E-state index is 6.12. The third-order valence-electron chi connectivity index (χ3n) is 5.09. The molecule has 2 aliphatic heterocycles. The number of benzene rings is 2. The maximum atomic E-state index is 6.12. The van der Waals surface area contributed by atoms with Crippen LogP contribution in [0.3, 0.4) is 0 Å². The Hall–Kier alpha value is -2.00. The van der Waals surface area contributed by atoms with Crippen LogP contribution in [0.1, 0.15) is 31.2 Å². The highest BCUT2D eigenvalue weighted by Crippen LogP contribution is 2.43. The summed E-state index contributed by atoms with van der Waals surface area (Å²) in [5.41, 5.74) is 1.45. The lowest BCUT2D eigenvalue weighted by atomic mass is 10.0. The zero-order valence-corrected chi connectivity index (χ0v) is 14.1. The van der Waals surface area contributed by atoms with Gasteiger partial charge in [-0.2, -0.15) is 0 Å². The minimum absolute atomic E-state index is 0.412. The van der Waals surface area contributed by atoms with E-state index in [0.717, 1.165) is 37.4 Å². The van der Waals surface area contributed by atoms with E-state index in [1.54, 1.807) is 0 Å². The molecule has 0 aliphatic carbocycles. The Morgan fingerprint density at radius 3 is 2.08 bits per heavy atom. The standard InChI is InChI=1S/C21H25NO2/c1-2-8-18(9-3-1)10-6-7-15-22-16-13-21(14-17-22)23-19-11-4-5-12-20(19)24-21/h1-5,8-9,11-12H,6-7,10,13-17H2. The molecule has 2 aromatic carbocycles. The highest BCUT2D eigenvalue weighted by molar-refractivity contribution is 5.42. The molecule has 0 N–H and O–H groups in total. The Morgan fingerprint density at radius 1 is 0.792 bits per heavy atom. The molecule has 0 atom stereocenters. The molecule has 126 valence electrons. The molecule has 0 unspecified atom stereocenters. The number of hydrogen-bond donors (Lipinski definition) is 0. The van der Waals surface area contributed by atoms with Crippen molar-refractivity contribution in [3.63, 3.8) is 0 Å². The average Bonchev–Trinajstić information content (AvgIpc) is 2.99. The van der Waals surface area contributed by atoms with Crippen molar-refractivity contribution in [2.45, 2.75) is 37.9 Å². The summed E-state index contributed by atoms with van der Waals surface area (Å²) >= 11 is 0. The fourth-order valence-corrected chi connectivity index (χ4v) is 3.67. The van der Waals surface area contributed by atoms with Crippen LogP contribution in [-0.2, 0) is 6.42 Å². The van der Waals surface area contributed by atoms with Crippen LogP contribution in [-0.4, -0.2) is 30.3 Å². The molecule has 2 aliphatic rings. The number of nitrogens with zero attached hydrogens (tertiary/aromatic N) is 1. The van der Waals surface area contributed by atoms with Gasteiger partial charge in [-0.15, -0.1) is 0 Å². The van der Waals surface area contributed by atoms with Gasteiger partial charge in [-0.25, -0.2) is 0 Å². The largest absolute Gasteiger partial charge is 0.448 e. The summed E-state index contributed by atoms with van der Waals surface area (Å²) < 4.78 is 12.2. The number of hydrogen-bond acceptors (Lipinski definition) is 3. The Labute approximate surface area is 144 Å². The molecule has 1 saturated heterocycles. The predicted octanol–water partition coefficient (Wildman–Crippen LogP) is 4.27. The molecule has 4 rings (SSSR count). The van der Waals surface area contributed by atoms with Crippen molar-refractivity contribution in [2.24, 2.45) is 0 Å². The predicted molar refractivity (Wildman–Crippen MR) is 95.5 cm³/mol. The van der Waals surface area contributed by atoms with E-state index in [2.05, 4.69) is 35.2 Å².